The molecule has 6 rings (SSSR count). The summed E-state index contributed by atoms with van der Waals surface area (Å²) in [5, 5.41) is 9.25. The zero-order valence-electron chi connectivity index (χ0n) is 17.8. The number of H-pyrrole nitrogens is 2. The molecule has 0 amide bonds. The zero-order valence-corrected chi connectivity index (χ0v) is 18.6. The number of hydrogen-bond donors (Lipinski definition) is 2. The third-order valence-electron chi connectivity index (χ3n) is 5.59. The fraction of sp³-hybridized carbons (Fsp3) is 0.0833. The third-order valence-corrected chi connectivity index (χ3v) is 6.47. The molecule has 33 heavy (non-hydrogen) atoms. The van der Waals surface area contributed by atoms with Gasteiger partial charge in [0.15, 0.2) is 5.13 Å². The Morgan fingerprint density at radius 1 is 0.909 bits per heavy atom. The topological polar surface area (TPSA) is 86.4 Å². The monoisotopic (exact) mass is 455 g/mol. The van der Waals surface area contributed by atoms with Gasteiger partial charge in [0.2, 0.25) is 0 Å². The molecule has 0 radical (unpaired) electrons. The molecule has 0 saturated carbocycles. The number of aromatic nitrogens is 6. The summed E-state index contributed by atoms with van der Waals surface area (Å²) < 4.78 is 13.6. The number of pyridine rings is 3. The highest BCUT2D eigenvalue weighted by atomic mass is 32.1. The maximum atomic E-state index is 13.6. The predicted octanol–water partition coefficient (Wildman–Crippen LogP) is 5.50. The molecule has 0 fully saturated rings. The molecular formula is C24H18FN7S. The van der Waals surface area contributed by atoms with Gasteiger partial charge in [-0.1, -0.05) is 0 Å². The number of thiophene rings is 1. The number of rotatable bonds is 4. The van der Waals surface area contributed by atoms with Crippen molar-refractivity contribution in [2.75, 3.05) is 19.0 Å². The van der Waals surface area contributed by atoms with Crippen LogP contribution in [0.25, 0.3) is 55.0 Å². The Morgan fingerprint density at radius 3 is 2.61 bits per heavy atom. The van der Waals surface area contributed by atoms with E-state index in [9.17, 15) is 4.39 Å². The molecule has 0 spiro atoms. The van der Waals surface area contributed by atoms with Crippen LogP contribution in [-0.2, 0) is 0 Å². The molecule has 2 N–H and O–H groups in total. The van der Waals surface area contributed by atoms with Gasteiger partial charge in [-0.2, -0.15) is 9.49 Å². The van der Waals surface area contributed by atoms with Crippen LogP contribution in [0.15, 0.2) is 61.2 Å². The third kappa shape index (κ3) is 3.33. The number of nitrogens with one attached hydrogen (secondary N) is 2. The van der Waals surface area contributed by atoms with Gasteiger partial charge >= 0.3 is 0 Å². The molecular weight excluding hydrogens is 437 g/mol. The van der Waals surface area contributed by atoms with Gasteiger partial charge in [0.05, 0.1) is 45.6 Å². The van der Waals surface area contributed by atoms with Crippen LogP contribution in [0, 0.1) is 5.13 Å². The van der Waals surface area contributed by atoms with Gasteiger partial charge in [-0.3, -0.25) is 20.1 Å². The van der Waals surface area contributed by atoms with Crippen molar-refractivity contribution in [1.29, 1.82) is 0 Å². The van der Waals surface area contributed by atoms with E-state index in [-0.39, 0.29) is 5.13 Å². The summed E-state index contributed by atoms with van der Waals surface area (Å²) >= 11 is 1.09. The van der Waals surface area contributed by atoms with E-state index < -0.39 is 0 Å². The molecule has 6 aromatic rings. The Morgan fingerprint density at radius 2 is 1.79 bits per heavy atom. The Hall–Kier alpha value is -4.11. The molecule has 0 unspecified atom stereocenters. The quantitative estimate of drug-likeness (QED) is 0.367. The Kier molecular flexibility index (Phi) is 4.44. The maximum absolute atomic E-state index is 13.6. The van der Waals surface area contributed by atoms with Crippen LogP contribution in [0.1, 0.15) is 0 Å². The molecule has 0 saturated heterocycles. The van der Waals surface area contributed by atoms with Gasteiger partial charge in [-0.05, 0) is 36.4 Å². The van der Waals surface area contributed by atoms with Gasteiger partial charge in [0, 0.05) is 48.3 Å². The number of hydrogen-bond acceptors (Lipinski definition) is 6. The first-order valence-electron chi connectivity index (χ1n) is 10.3. The Labute approximate surface area is 192 Å². The van der Waals surface area contributed by atoms with Crippen molar-refractivity contribution in [2.45, 2.75) is 0 Å². The lowest BCUT2D eigenvalue weighted by Crippen LogP contribution is -2.08. The minimum atomic E-state index is -0.231. The molecule has 162 valence electrons. The second-order valence-electron chi connectivity index (χ2n) is 7.92. The second-order valence-corrected chi connectivity index (χ2v) is 8.96. The molecule has 0 aromatic carbocycles. The minimum Gasteiger partial charge on any atom is -0.376 e. The Balaban J connectivity index is 1.48. The van der Waals surface area contributed by atoms with Crippen LogP contribution >= 0.6 is 11.3 Å². The lowest BCUT2D eigenvalue weighted by Gasteiger charge is -2.12. The first kappa shape index (κ1) is 19.6. The van der Waals surface area contributed by atoms with Gasteiger partial charge in [-0.15, -0.1) is 11.3 Å². The summed E-state index contributed by atoms with van der Waals surface area (Å²) in [6, 6.07) is 11.2. The summed E-state index contributed by atoms with van der Waals surface area (Å²) in [6.07, 6.45) is 7.14. The minimum absolute atomic E-state index is 0.231. The smallest absolute Gasteiger partial charge is 0.177 e. The van der Waals surface area contributed by atoms with E-state index in [1.165, 1.54) is 6.07 Å². The zero-order chi connectivity index (χ0) is 22.5. The van der Waals surface area contributed by atoms with Crippen molar-refractivity contribution in [2.24, 2.45) is 0 Å². The molecule has 0 bridgehead atoms. The summed E-state index contributed by atoms with van der Waals surface area (Å²) in [7, 11) is 3.96. The SMILES string of the molecule is CN(C)c1cncc(-c2cc3c(-c4cc5c(-c6ccc(F)s6)nccc5[nH]4)n[nH]c3cn2)c1. The molecule has 7 nitrogen and oxygen atoms in total. The van der Waals surface area contributed by atoms with E-state index in [4.69, 9.17) is 0 Å². The van der Waals surface area contributed by atoms with Crippen LogP contribution in [0.5, 0.6) is 0 Å². The van der Waals surface area contributed by atoms with Gasteiger partial charge in [0.1, 0.15) is 5.69 Å². The van der Waals surface area contributed by atoms with E-state index in [1.807, 2.05) is 49.6 Å². The van der Waals surface area contributed by atoms with E-state index in [0.717, 1.165) is 72.0 Å². The van der Waals surface area contributed by atoms with Crippen LogP contribution in [0.4, 0.5) is 10.1 Å². The van der Waals surface area contributed by atoms with Crippen LogP contribution < -0.4 is 4.90 Å². The molecule has 0 atom stereocenters. The van der Waals surface area contributed by atoms with Gasteiger partial charge < -0.3 is 9.88 Å². The molecule has 9 heteroatoms. The standard InChI is InChI=1S/C24H18FN7S/c1-32(2)14-7-13(10-26-11-14)18-8-16-20(12-28-18)30-31-23(16)19-9-15-17(29-19)5-6-27-24(15)21-3-4-22(25)33-21/h3-12,29H,1-2H3,(H,30,31). The second kappa shape index (κ2) is 7.49. The maximum Gasteiger partial charge on any atom is 0.177 e. The summed E-state index contributed by atoms with van der Waals surface area (Å²) in [4.78, 5) is 19.7. The van der Waals surface area contributed by atoms with Crippen molar-refractivity contribution in [1.82, 2.24) is 30.1 Å². The predicted molar refractivity (Wildman–Crippen MR) is 130 cm³/mol. The molecule has 0 aliphatic carbocycles. The van der Waals surface area contributed by atoms with Gasteiger partial charge in [-0.25, -0.2) is 0 Å². The van der Waals surface area contributed by atoms with E-state index in [0.29, 0.717) is 0 Å². The number of fused-ring (bicyclic) bond motifs is 2. The highest BCUT2D eigenvalue weighted by Crippen LogP contribution is 2.35. The highest BCUT2D eigenvalue weighted by molar-refractivity contribution is 7.13. The average Bonchev–Trinajstić information content (AvgIpc) is 3.55. The largest absolute Gasteiger partial charge is 0.376 e. The normalized spacial score (nSPS) is 11.5. The van der Waals surface area contributed by atoms with E-state index in [1.54, 1.807) is 18.5 Å². The number of anilines is 1. The van der Waals surface area contributed by atoms with Crippen molar-refractivity contribution < 1.29 is 4.39 Å². The highest BCUT2D eigenvalue weighted by Gasteiger charge is 2.16. The van der Waals surface area contributed by atoms with Gasteiger partial charge in [0.25, 0.3) is 0 Å². The molecule has 0 aliphatic heterocycles. The van der Waals surface area contributed by atoms with Crippen LogP contribution in [-0.4, -0.2) is 44.2 Å². The van der Waals surface area contributed by atoms with Crippen LogP contribution in [0.2, 0.25) is 0 Å². The van der Waals surface area contributed by atoms with Crippen molar-refractivity contribution in [3.05, 3.63) is 66.3 Å². The Bertz CT molecular complexity index is 1630. The number of aromatic amines is 2. The van der Waals surface area contributed by atoms with E-state index >= 15 is 0 Å². The fourth-order valence-corrected chi connectivity index (χ4v) is 4.65. The fourth-order valence-electron chi connectivity index (χ4n) is 3.91. The van der Waals surface area contributed by atoms with Crippen molar-refractivity contribution >= 4 is 38.8 Å². The molecule has 6 heterocycles. The molecule has 6 aromatic heterocycles. The summed E-state index contributed by atoms with van der Waals surface area (Å²) in [5.41, 5.74) is 6.87. The van der Waals surface area contributed by atoms with Crippen LogP contribution in [0.3, 0.4) is 0 Å². The number of nitrogens with zero attached hydrogens (tertiary/aromatic N) is 5. The van der Waals surface area contributed by atoms with Crippen molar-refractivity contribution in [3.8, 4) is 33.2 Å². The number of halogens is 1. The first-order chi connectivity index (χ1) is 16.1. The lowest BCUT2D eigenvalue weighted by atomic mass is 10.1. The average molecular weight is 456 g/mol. The van der Waals surface area contributed by atoms with E-state index in [2.05, 4.69) is 36.2 Å². The summed E-state index contributed by atoms with van der Waals surface area (Å²) in [5.74, 6) is 0. The lowest BCUT2D eigenvalue weighted by molar-refractivity contribution is 0.657. The first-order valence-corrected chi connectivity index (χ1v) is 11.1. The van der Waals surface area contributed by atoms with Crippen molar-refractivity contribution in [3.63, 3.8) is 0 Å². The summed E-state index contributed by atoms with van der Waals surface area (Å²) in [6.45, 7) is 0. The molecule has 0 aliphatic rings.